The summed E-state index contributed by atoms with van der Waals surface area (Å²) >= 11 is 0. The summed E-state index contributed by atoms with van der Waals surface area (Å²) in [7, 11) is 0. The van der Waals surface area contributed by atoms with E-state index in [1.54, 1.807) is 12.4 Å². The molecule has 0 saturated heterocycles. The number of benzene rings is 2. The Kier molecular flexibility index (Phi) is 6.69. The Bertz CT molecular complexity index is 967. The molecule has 1 unspecified atom stereocenters. The lowest BCUT2D eigenvalue weighted by Gasteiger charge is -2.12. The predicted octanol–water partition coefficient (Wildman–Crippen LogP) is 5.68. The molecule has 0 radical (unpaired) electrons. The van der Waals surface area contributed by atoms with E-state index in [1.807, 2.05) is 42.5 Å². The normalized spacial score (nSPS) is 11.8. The molecule has 2 heterocycles. The number of rotatable bonds is 7. The minimum absolute atomic E-state index is 0. The lowest BCUT2D eigenvalue weighted by molar-refractivity contribution is 0.306. The molecule has 0 fully saturated rings. The Morgan fingerprint density at radius 1 is 0.964 bits per heavy atom. The molecule has 2 aromatic carbocycles. The molecule has 1 atom stereocenters. The predicted molar refractivity (Wildman–Crippen MR) is 114 cm³/mol. The van der Waals surface area contributed by atoms with E-state index in [4.69, 9.17) is 9.15 Å². The molecule has 5 heteroatoms. The molecule has 0 bridgehead atoms. The van der Waals surface area contributed by atoms with Crippen LogP contribution in [0, 0.1) is 0 Å². The fraction of sp³-hybridized carbons (Fsp3) is 0.174. The first-order chi connectivity index (χ1) is 13.3. The third-order valence-corrected chi connectivity index (χ3v) is 4.56. The van der Waals surface area contributed by atoms with Gasteiger partial charge in [-0.25, -0.2) is 0 Å². The number of hydrogen-bond acceptors (Lipinski definition) is 4. The van der Waals surface area contributed by atoms with Crippen molar-refractivity contribution >= 4 is 23.4 Å². The second kappa shape index (κ2) is 9.40. The summed E-state index contributed by atoms with van der Waals surface area (Å²) in [4.78, 5) is 4.01. The van der Waals surface area contributed by atoms with Gasteiger partial charge in [-0.1, -0.05) is 30.3 Å². The van der Waals surface area contributed by atoms with Crippen LogP contribution in [0.15, 0.2) is 83.5 Å². The van der Waals surface area contributed by atoms with Gasteiger partial charge in [-0.2, -0.15) is 0 Å². The largest absolute Gasteiger partial charge is 0.489 e. The van der Waals surface area contributed by atoms with Gasteiger partial charge in [-0.3, -0.25) is 4.98 Å². The molecule has 0 spiro atoms. The molecular formula is C23H23ClN2O2. The standard InChI is InChI=1S/C23H22N2O2.ClH/c1-17(23-14-20-4-2-3-5-22(20)27-23)25-15-18-6-8-21(9-7-18)26-16-19-10-12-24-13-11-19;/h2-14,17,25H,15-16H2,1H3;1H. The zero-order chi connectivity index (χ0) is 18.5. The van der Waals surface area contributed by atoms with E-state index in [1.165, 1.54) is 5.56 Å². The van der Waals surface area contributed by atoms with Crippen LogP contribution in [0.2, 0.25) is 0 Å². The monoisotopic (exact) mass is 394 g/mol. The summed E-state index contributed by atoms with van der Waals surface area (Å²) < 4.78 is 11.7. The lowest BCUT2D eigenvalue weighted by atomic mass is 10.2. The van der Waals surface area contributed by atoms with E-state index in [-0.39, 0.29) is 18.4 Å². The zero-order valence-corrected chi connectivity index (χ0v) is 16.5. The van der Waals surface area contributed by atoms with Crippen molar-refractivity contribution in [1.82, 2.24) is 10.3 Å². The number of ether oxygens (including phenoxy) is 1. The van der Waals surface area contributed by atoms with Crippen LogP contribution in [0.25, 0.3) is 11.0 Å². The quantitative estimate of drug-likeness (QED) is 0.438. The number of pyridine rings is 1. The summed E-state index contributed by atoms with van der Waals surface area (Å²) in [5.74, 6) is 1.81. The highest BCUT2D eigenvalue weighted by Gasteiger charge is 2.10. The fourth-order valence-electron chi connectivity index (χ4n) is 2.94. The van der Waals surface area contributed by atoms with Crippen molar-refractivity contribution in [3.8, 4) is 5.75 Å². The first kappa shape index (κ1) is 19.9. The molecular weight excluding hydrogens is 372 g/mol. The molecule has 4 aromatic rings. The van der Waals surface area contributed by atoms with Crippen LogP contribution in [-0.4, -0.2) is 4.98 Å². The minimum Gasteiger partial charge on any atom is -0.489 e. The second-order valence-electron chi connectivity index (χ2n) is 6.58. The van der Waals surface area contributed by atoms with Gasteiger partial charge in [0.1, 0.15) is 23.7 Å². The number of nitrogens with zero attached hydrogens (tertiary/aromatic N) is 1. The zero-order valence-electron chi connectivity index (χ0n) is 15.7. The highest BCUT2D eigenvalue weighted by atomic mass is 35.5. The van der Waals surface area contributed by atoms with Gasteiger partial charge in [-0.05, 0) is 54.4 Å². The SMILES string of the molecule is CC(NCc1ccc(OCc2ccncc2)cc1)c1cc2ccccc2o1.Cl. The molecule has 0 saturated carbocycles. The number of para-hydroxylation sites is 1. The first-order valence-electron chi connectivity index (χ1n) is 9.10. The first-order valence-corrected chi connectivity index (χ1v) is 9.10. The van der Waals surface area contributed by atoms with E-state index in [0.717, 1.165) is 34.6 Å². The smallest absolute Gasteiger partial charge is 0.134 e. The van der Waals surface area contributed by atoms with Crippen molar-refractivity contribution in [2.45, 2.75) is 26.1 Å². The average Bonchev–Trinajstić information content (AvgIpc) is 3.16. The number of furan rings is 1. The van der Waals surface area contributed by atoms with Gasteiger partial charge >= 0.3 is 0 Å². The Morgan fingerprint density at radius 3 is 2.46 bits per heavy atom. The van der Waals surface area contributed by atoms with E-state index in [2.05, 4.69) is 41.5 Å². The Hall–Kier alpha value is -2.82. The summed E-state index contributed by atoms with van der Waals surface area (Å²) in [6.07, 6.45) is 3.55. The van der Waals surface area contributed by atoms with Crippen LogP contribution in [0.1, 0.15) is 29.9 Å². The summed E-state index contributed by atoms with van der Waals surface area (Å²) in [5.41, 5.74) is 3.24. The topological polar surface area (TPSA) is 47.3 Å². The molecule has 0 aliphatic carbocycles. The van der Waals surface area contributed by atoms with Crippen LogP contribution in [0.5, 0.6) is 5.75 Å². The maximum Gasteiger partial charge on any atom is 0.134 e. The van der Waals surface area contributed by atoms with Crippen LogP contribution in [-0.2, 0) is 13.2 Å². The third-order valence-electron chi connectivity index (χ3n) is 4.56. The summed E-state index contributed by atoms with van der Waals surface area (Å²) in [5, 5.41) is 4.65. The van der Waals surface area contributed by atoms with Gasteiger partial charge in [-0.15, -0.1) is 12.4 Å². The van der Waals surface area contributed by atoms with Gasteiger partial charge < -0.3 is 14.5 Å². The molecule has 4 nitrogen and oxygen atoms in total. The van der Waals surface area contributed by atoms with Crippen molar-refractivity contribution < 1.29 is 9.15 Å². The summed E-state index contributed by atoms with van der Waals surface area (Å²) in [6.45, 7) is 3.43. The van der Waals surface area contributed by atoms with E-state index in [0.29, 0.717) is 6.61 Å². The Morgan fingerprint density at radius 2 is 1.71 bits per heavy atom. The highest BCUT2D eigenvalue weighted by Crippen LogP contribution is 2.24. The van der Waals surface area contributed by atoms with Crippen LogP contribution in [0.4, 0.5) is 0 Å². The van der Waals surface area contributed by atoms with Gasteiger partial charge in [0, 0.05) is 24.3 Å². The van der Waals surface area contributed by atoms with E-state index >= 15 is 0 Å². The Labute approximate surface area is 171 Å². The number of fused-ring (bicyclic) bond motifs is 1. The lowest BCUT2D eigenvalue weighted by Crippen LogP contribution is -2.17. The number of hydrogen-bond donors (Lipinski definition) is 1. The van der Waals surface area contributed by atoms with Gasteiger partial charge in [0.2, 0.25) is 0 Å². The highest BCUT2D eigenvalue weighted by molar-refractivity contribution is 5.85. The van der Waals surface area contributed by atoms with Crippen molar-refractivity contribution in [3.05, 3.63) is 96.0 Å². The molecule has 4 rings (SSSR count). The van der Waals surface area contributed by atoms with E-state index < -0.39 is 0 Å². The molecule has 28 heavy (non-hydrogen) atoms. The maximum atomic E-state index is 5.92. The molecule has 144 valence electrons. The van der Waals surface area contributed by atoms with E-state index in [9.17, 15) is 0 Å². The van der Waals surface area contributed by atoms with Gasteiger partial charge in [0.05, 0.1) is 6.04 Å². The maximum absolute atomic E-state index is 5.92. The second-order valence-corrected chi connectivity index (χ2v) is 6.58. The minimum atomic E-state index is 0. The van der Waals surface area contributed by atoms with Crippen LogP contribution < -0.4 is 10.1 Å². The molecule has 0 aliphatic heterocycles. The Balaban J connectivity index is 0.00000225. The van der Waals surface area contributed by atoms with Crippen molar-refractivity contribution in [1.29, 1.82) is 0 Å². The third kappa shape index (κ3) is 4.91. The number of halogens is 1. The molecule has 0 aliphatic rings. The molecule has 2 aromatic heterocycles. The fourth-order valence-corrected chi connectivity index (χ4v) is 2.94. The van der Waals surface area contributed by atoms with Gasteiger partial charge in [0.25, 0.3) is 0 Å². The summed E-state index contributed by atoms with van der Waals surface area (Å²) in [6, 6.07) is 22.4. The van der Waals surface area contributed by atoms with Crippen LogP contribution >= 0.6 is 12.4 Å². The van der Waals surface area contributed by atoms with Crippen LogP contribution in [0.3, 0.4) is 0 Å². The van der Waals surface area contributed by atoms with Crippen molar-refractivity contribution in [2.24, 2.45) is 0 Å². The average molecular weight is 395 g/mol. The molecule has 1 N–H and O–H groups in total. The van der Waals surface area contributed by atoms with Crippen molar-refractivity contribution in [2.75, 3.05) is 0 Å². The van der Waals surface area contributed by atoms with Gasteiger partial charge in [0.15, 0.2) is 0 Å². The number of aromatic nitrogens is 1. The number of nitrogens with one attached hydrogen (secondary N) is 1. The molecule has 0 amide bonds. The van der Waals surface area contributed by atoms with Crippen molar-refractivity contribution in [3.63, 3.8) is 0 Å².